The second-order valence-electron chi connectivity index (χ2n) is 5.75. The van der Waals surface area contributed by atoms with Crippen molar-refractivity contribution in [3.63, 3.8) is 0 Å². The first kappa shape index (κ1) is 17.0. The minimum atomic E-state index is -1.76. The van der Waals surface area contributed by atoms with Crippen LogP contribution in [0, 0.1) is 17.7 Å². The first-order valence-electron chi connectivity index (χ1n) is 7.28. The van der Waals surface area contributed by atoms with E-state index < -0.39 is 18.3 Å². The van der Waals surface area contributed by atoms with Crippen LogP contribution in [-0.2, 0) is 9.31 Å². The molecule has 0 aliphatic carbocycles. The van der Waals surface area contributed by atoms with Crippen molar-refractivity contribution in [2.24, 2.45) is 0 Å². The zero-order valence-electron chi connectivity index (χ0n) is 12.7. The molecule has 0 amide bonds. The average Bonchev–Trinajstić information content (AvgIpc) is 2.95. The van der Waals surface area contributed by atoms with E-state index in [1.54, 1.807) is 0 Å². The van der Waals surface area contributed by atoms with E-state index in [0.29, 0.717) is 23.1 Å². The van der Waals surface area contributed by atoms with E-state index in [2.05, 4.69) is 13.0 Å². The molecular formula is C14H19BF2LiNO2. The summed E-state index contributed by atoms with van der Waals surface area (Å²) >= 11 is 0. The molecule has 0 unspecified atom stereocenters. The molecular weight excluding hydrogens is 270 g/mol. The van der Waals surface area contributed by atoms with Crippen LogP contribution in [0.3, 0.4) is 0 Å². The molecule has 1 aromatic rings. The molecule has 2 aliphatic heterocycles. The summed E-state index contributed by atoms with van der Waals surface area (Å²) in [4.78, 5) is 0. The smallest absolute Gasteiger partial charge is 0.517 e. The summed E-state index contributed by atoms with van der Waals surface area (Å²) in [7, 11) is 0. The number of fused-ring (bicyclic) bond motifs is 1. The molecule has 0 atom stereocenters. The van der Waals surface area contributed by atoms with E-state index in [-0.39, 0.29) is 18.9 Å². The molecule has 2 saturated heterocycles. The molecule has 2 fully saturated rings. The maximum Gasteiger partial charge on any atom is 1.00 e. The largest absolute Gasteiger partial charge is 1.00 e. The van der Waals surface area contributed by atoms with Gasteiger partial charge >= 0.3 is 25.5 Å². The second kappa shape index (κ2) is 6.39. The number of benzene rings is 1. The topological polar surface area (TPSA) is 18.5 Å². The predicted molar refractivity (Wildman–Crippen MR) is 72.3 cm³/mol. The fourth-order valence-corrected chi connectivity index (χ4v) is 3.66. The Morgan fingerprint density at radius 3 is 2.52 bits per heavy atom. The molecule has 3 rings (SSSR count). The van der Waals surface area contributed by atoms with Crippen molar-refractivity contribution in [3.8, 4) is 0 Å². The van der Waals surface area contributed by atoms with Gasteiger partial charge in [0, 0.05) is 18.2 Å². The summed E-state index contributed by atoms with van der Waals surface area (Å²) < 4.78 is 39.3. The van der Waals surface area contributed by atoms with Gasteiger partial charge in [0.15, 0.2) is 0 Å². The van der Waals surface area contributed by atoms with Crippen molar-refractivity contribution in [1.29, 1.82) is 0 Å². The normalized spacial score (nSPS) is 31.0. The van der Waals surface area contributed by atoms with E-state index in [4.69, 9.17) is 9.31 Å². The molecule has 110 valence electrons. The van der Waals surface area contributed by atoms with Crippen LogP contribution >= 0.6 is 0 Å². The Kier molecular flexibility index (Phi) is 5.17. The van der Waals surface area contributed by atoms with E-state index in [1.165, 1.54) is 12.1 Å². The van der Waals surface area contributed by atoms with Crippen LogP contribution in [0.4, 0.5) is 8.78 Å². The van der Waals surface area contributed by atoms with Gasteiger partial charge in [0.1, 0.15) is 0 Å². The summed E-state index contributed by atoms with van der Waals surface area (Å²) in [5.41, 5.74) is 0.593. The van der Waals surface area contributed by atoms with Crippen LogP contribution in [0.5, 0.6) is 0 Å². The predicted octanol–water partition coefficient (Wildman–Crippen LogP) is -1.41. The number of nitrogens with zero attached hydrogens (tertiary/aromatic N) is 1. The molecule has 1 aromatic carbocycles. The monoisotopic (exact) mass is 289 g/mol. The Morgan fingerprint density at radius 1 is 1.29 bits per heavy atom. The van der Waals surface area contributed by atoms with Gasteiger partial charge < -0.3 is 13.7 Å². The molecule has 0 saturated carbocycles. The Labute approximate surface area is 136 Å². The van der Waals surface area contributed by atoms with E-state index in [9.17, 15) is 8.78 Å². The van der Waals surface area contributed by atoms with Crippen molar-refractivity contribution in [3.05, 3.63) is 29.8 Å². The molecule has 0 N–H and O–H groups in total. The Hall–Kier alpha value is -0.378. The molecule has 3 nitrogen and oxygen atoms in total. The third-order valence-electron chi connectivity index (χ3n) is 4.73. The van der Waals surface area contributed by atoms with Gasteiger partial charge in [0.2, 0.25) is 0 Å². The number of halogens is 2. The molecule has 0 bridgehead atoms. The molecule has 0 radical (unpaired) electrons. The zero-order chi connectivity index (χ0) is 14.2. The summed E-state index contributed by atoms with van der Waals surface area (Å²) in [6, 6.07) is 5.02. The van der Waals surface area contributed by atoms with Gasteiger partial charge in [-0.05, 0) is 6.42 Å². The SMILES string of the molecule is CCCC[N+]12CCO[B-]1(c1c[c-]c(F)c(F)c1)OCC2.[Li+]. The molecule has 0 aromatic heterocycles. The Morgan fingerprint density at radius 2 is 1.95 bits per heavy atom. The molecule has 7 heteroatoms. The minimum absolute atomic E-state index is 0. The maximum atomic E-state index is 13.5. The van der Waals surface area contributed by atoms with E-state index in [0.717, 1.165) is 32.5 Å². The van der Waals surface area contributed by atoms with Gasteiger partial charge in [0.05, 0.1) is 26.3 Å². The average molecular weight is 289 g/mol. The summed E-state index contributed by atoms with van der Waals surface area (Å²) in [6.07, 6.45) is 2.17. The van der Waals surface area contributed by atoms with Gasteiger partial charge in [-0.3, -0.25) is 4.39 Å². The number of rotatable bonds is 4. The van der Waals surface area contributed by atoms with Gasteiger partial charge in [-0.1, -0.05) is 13.3 Å². The molecule has 0 spiro atoms. The third kappa shape index (κ3) is 2.58. The Balaban J connectivity index is 0.00000161. The summed E-state index contributed by atoms with van der Waals surface area (Å²) in [5, 5.41) is 0. The summed E-state index contributed by atoms with van der Waals surface area (Å²) in [6.45, 7) is 4.29. The molecule has 21 heavy (non-hydrogen) atoms. The van der Waals surface area contributed by atoms with Gasteiger partial charge in [-0.2, -0.15) is 17.6 Å². The van der Waals surface area contributed by atoms with Crippen LogP contribution < -0.4 is 24.3 Å². The number of quaternary nitrogens is 1. The van der Waals surface area contributed by atoms with E-state index >= 15 is 0 Å². The van der Waals surface area contributed by atoms with Crippen molar-refractivity contribution in [2.45, 2.75) is 19.8 Å². The zero-order valence-corrected chi connectivity index (χ0v) is 12.7. The van der Waals surface area contributed by atoms with Crippen LogP contribution in [0.15, 0.2) is 12.1 Å². The number of hydrogen-bond donors (Lipinski definition) is 0. The molecule has 2 aliphatic rings. The Bertz CT molecular complexity index is 508. The number of unbranched alkanes of at least 4 members (excludes halogenated alkanes) is 1. The standard InChI is InChI=1S/C14H19BF2NO2.Li/c1-2-3-6-18-7-9-19-15(18,20-10-8-18)12-4-5-13(16)14(17)11-12;/h4,11H,2-3,6-10H2,1H3;/q-1;+1. The van der Waals surface area contributed by atoms with Crippen molar-refractivity contribution >= 4 is 12.1 Å². The maximum absolute atomic E-state index is 13.5. The summed E-state index contributed by atoms with van der Waals surface area (Å²) in [5.74, 6) is -1.85. The van der Waals surface area contributed by atoms with Crippen molar-refractivity contribution in [1.82, 2.24) is 0 Å². The fourth-order valence-electron chi connectivity index (χ4n) is 3.66. The number of hydrogen-bond acceptors (Lipinski definition) is 2. The first-order valence-corrected chi connectivity index (χ1v) is 7.28. The van der Waals surface area contributed by atoms with Gasteiger partial charge in [-0.15, -0.1) is 6.07 Å². The third-order valence-corrected chi connectivity index (χ3v) is 4.73. The van der Waals surface area contributed by atoms with E-state index in [1.807, 2.05) is 0 Å². The first-order chi connectivity index (χ1) is 9.63. The van der Waals surface area contributed by atoms with Crippen LogP contribution in [0.25, 0.3) is 0 Å². The van der Waals surface area contributed by atoms with Crippen molar-refractivity contribution < 1.29 is 41.3 Å². The molecule has 2 heterocycles. The van der Waals surface area contributed by atoms with Crippen LogP contribution in [-0.4, -0.2) is 43.9 Å². The van der Waals surface area contributed by atoms with Gasteiger partial charge in [-0.25, -0.2) is 4.39 Å². The fraction of sp³-hybridized carbons (Fsp3) is 0.571. The van der Waals surface area contributed by atoms with Crippen molar-refractivity contribution in [2.75, 3.05) is 32.8 Å². The second-order valence-corrected chi connectivity index (χ2v) is 5.75. The quantitative estimate of drug-likeness (QED) is 0.501. The van der Waals surface area contributed by atoms with Crippen LogP contribution in [0.2, 0.25) is 0 Å². The van der Waals surface area contributed by atoms with Gasteiger partial charge in [0.25, 0.3) is 0 Å². The minimum Gasteiger partial charge on any atom is -0.517 e. The van der Waals surface area contributed by atoms with Crippen LogP contribution in [0.1, 0.15) is 19.8 Å².